The second kappa shape index (κ2) is 7.06. The maximum atomic E-state index is 6.23. The van der Waals surface area contributed by atoms with E-state index < -0.39 is 9.52 Å². The Labute approximate surface area is 127 Å². The van der Waals surface area contributed by atoms with Crippen molar-refractivity contribution >= 4 is 14.8 Å². The molecule has 0 aliphatic rings. The largest absolute Gasteiger partial charge is 0.372 e. The van der Waals surface area contributed by atoms with Crippen LogP contribution in [0, 0.1) is 0 Å². The van der Waals surface area contributed by atoms with Crippen LogP contribution in [0.15, 0.2) is 79.0 Å². The van der Waals surface area contributed by atoms with Gasteiger partial charge in [0.15, 0.2) is 0 Å². The summed E-state index contributed by atoms with van der Waals surface area (Å²) in [6, 6.07) is 25.1. The molecule has 0 spiro atoms. The van der Waals surface area contributed by atoms with Gasteiger partial charge in [-0.25, -0.2) is 0 Å². The first-order chi connectivity index (χ1) is 10.4. The van der Waals surface area contributed by atoms with E-state index in [1.165, 1.54) is 16.4 Å². The highest BCUT2D eigenvalue weighted by Crippen LogP contribution is 2.25. The minimum atomic E-state index is -0.400. The first kappa shape index (κ1) is 13.9. The molecule has 21 heavy (non-hydrogen) atoms. The van der Waals surface area contributed by atoms with E-state index in [-0.39, 0.29) is 6.10 Å². The minimum Gasteiger partial charge on any atom is -0.372 e. The lowest BCUT2D eigenvalue weighted by Crippen LogP contribution is -2.22. The summed E-state index contributed by atoms with van der Waals surface area (Å²) in [5.41, 5.74) is 2.42. The highest BCUT2D eigenvalue weighted by molar-refractivity contribution is 6.52. The van der Waals surface area contributed by atoms with E-state index in [0.29, 0.717) is 0 Å². The lowest BCUT2D eigenvalue weighted by molar-refractivity contribution is 0.118. The number of aromatic amines is 1. The summed E-state index contributed by atoms with van der Waals surface area (Å²) in [5.74, 6) is 0. The Morgan fingerprint density at radius 1 is 0.810 bits per heavy atom. The van der Waals surface area contributed by atoms with Gasteiger partial charge in [0.1, 0.15) is 15.6 Å². The maximum absolute atomic E-state index is 6.23. The molecule has 2 nitrogen and oxygen atoms in total. The van der Waals surface area contributed by atoms with Crippen LogP contribution in [0.3, 0.4) is 0 Å². The Kier molecular flexibility index (Phi) is 4.66. The zero-order valence-corrected chi connectivity index (χ0v) is 13.3. The van der Waals surface area contributed by atoms with E-state index in [4.69, 9.17) is 4.74 Å². The highest BCUT2D eigenvalue weighted by atomic mass is 28.2. The Bertz CT molecular complexity index is 598. The highest BCUT2D eigenvalue weighted by Gasteiger charge is 2.14. The third kappa shape index (κ3) is 3.71. The molecule has 106 valence electrons. The van der Waals surface area contributed by atoms with E-state index in [0.717, 1.165) is 6.23 Å². The molecule has 0 fully saturated rings. The van der Waals surface area contributed by atoms with E-state index >= 15 is 0 Å². The molecule has 0 bridgehead atoms. The number of aromatic nitrogens is 1. The summed E-state index contributed by atoms with van der Waals surface area (Å²) in [6.45, 7) is 0. The van der Waals surface area contributed by atoms with Crippen LogP contribution in [0.1, 0.15) is 17.2 Å². The molecule has 0 saturated carbocycles. The summed E-state index contributed by atoms with van der Waals surface area (Å²) in [5, 5.41) is 1.34. The van der Waals surface area contributed by atoms with Crippen molar-refractivity contribution in [2.24, 2.45) is 0 Å². The molecule has 0 atom stereocenters. The van der Waals surface area contributed by atoms with Crippen LogP contribution < -0.4 is 5.32 Å². The van der Waals surface area contributed by atoms with Crippen LogP contribution in [-0.4, -0.2) is 20.7 Å². The molecule has 1 N–H and O–H groups in total. The van der Waals surface area contributed by atoms with Crippen LogP contribution in [0.2, 0.25) is 0 Å². The van der Waals surface area contributed by atoms with E-state index in [9.17, 15) is 0 Å². The first-order valence-corrected chi connectivity index (χ1v) is 8.98. The van der Waals surface area contributed by atoms with Gasteiger partial charge in [-0.3, -0.25) is 0 Å². The van der Waals surface area contributed by atoms with Crippen molar-refractivity contribution in [3.63, 3.8) is 0 Å². The fraction of sp³-hybridized carbons (Fsp3) is 0.111. The van der Waals surface area contributed by atoms with Crippen molar-refractivity contribution in [1.29, 1.82) is 0 Å². The van der Waals surface area contributed by atoms with Crippen molar-refractivity contribution in [3.05, 3.63) is 90.1 Å². The maximum Gasteiger partial charge on any atom is 0.107 e. The Hall–Kier alpha value is -2.10. The predicted octanol–water partition coefficient (Wildman–Crippen LogP) is 2.57. The second-order valence-electron chi connectivity index (χ2n) is 5.02. The number of rotatable bonds is 6. The average Bonchev–Trinajstić information content (AvgIpc) is 3.07. The molecule has 3 heteroatoms. The molecule has 2 aromatic carbocycles. The van der Waals surface area contributed by atoms with Gasteiger partial charge in [-0.15, -0.1) is 0 Å². The van der Waals surface area contributed by atoms with Crippen molar-refractivity contribution in [2.75, 3.05) is 6.23 Å². The van der Waals surface area contributed by atoms with Crippen LogP contribution in [-0.2, 0) is 4.74 Å². The number of benzene rings is 2. The second-order valence-corrected chi connectivity index (χ2v) is 6.69. The number of hydrogen-bond acceptors (Lipinski definition) is 1. The molecule has 0 unspecified atom stereocenters. The topological polar surface area (TPSA) is 25.0 Å². The van der Waals surface area contributed by atoms with Gasteiger partial charge in [0.05, 0.1) is 0 Å². The summed E-state index contributed by atoms with van der Waals surface area (Å²) in [7, 11) is -0.400. The van der Waals surface area contributed by atoms with Crippen molar-refractivity contribution < 1.29 is 4.74 Å². The van der Waals surface area contributed by atoms with Crippen molar-refractivity contribution in [3.8, 4) is 0 Å². The normalized spacial score (nSPS) is 11.5. The summed E-state index contributed by atoms with van der Waals surface area (Å²) in [4.78, 5) is 3.27. The minimum absolute atomic E-state index is 0.0230. The molecule has 0 radical (unpaired) electrons. The van der Waals surface area contributed by atoms with Gasteiger partial charge in [0.2, 0.25) is 0 Å². The third-order valence-electron chi connectivity index (χ3n) is 3.52. The van der Waals surface area contributed by atoms with Crippen molar-refractivity contribution in [1.82, 2.24) is 4.98 Å². The first-order valence-electron chi connectivity index (χ1n) is 7.27. The SMILES string of the molecule is c1ccc(C(OC[SiH2]c2ccc[nH]2)c2ccccc2)cc1. The summed E-state index contributed by atoms with van der Waals surface area (Å²) in [6.07, 6.45) is 2.83. The van der Waals surface area contributed by atoms with Crippen LogP contribution in [0.25, 0.3) is 0 Å². The number of H-pyrrole nitrogens is 1. The zero-order valence-electron chi connectivity index (χ0n) is 11.9. The molecule has 0 aliphatic heterocycles. The van der Waals surface area contributed by atoms with E-state index in [2.05, 4.69) is 59.6 Å². The number of hydrogen-bond donors (Lipinski definition) is 1. The van der Waals surface area contributed by atoms with Gasteiger partial charge < -0.3 is 9.72 Å². The predicted molar refractivity (Wildman–Crippen MR) is 89.6 cm³/mol. The fourth-order valence-corrected chi connectivity index (χ4v) is 3.59. The monoisotopic (exact) mass is 293 g/mol. The number of ether oxygens (including phenoxy) is 1. The molecular weight excluding hydrogens is 274 g/mol. The van der Waals surface area contributed by atoms with Crippen LogP contribution >= 0.6 is 0 Å². The molecule has 3 aromatic rings. The zero-order chi connectivity index (χ0) is 14.3. The summed E-state index contributed by atoms with van der Waals surface area (Å²) < 4.78 is 6.23. The van der Waals surface area contributed by atoms with E-state index in [1.54, 1.807) is 0 Å². The Balaban J connectivity index is 1.73. The third-order valence-corrected chi connectivity index (χ3v) is 4.94. The fourth-order valence-electron chi connectivity index (χ4n) is 2.45. The van der Waals surface area contributed by atoms with Crippen molar-refractivity contribution in [2.45, 2.75) is 6.10 Å². The van der Waals surface area contributed by atoms with Gasteiger partial charge >= 0.3 is 0 Å². The lowest BCUT2D eigenvalue weighted by Gasteiger charge is -2.18. The van der Waals surface area contributed by atoms with Gasteiger partial charge in [0.25, 0.3) is 0 Å². The molecule has 1 heterocycles. The van der Waals surface area contributed by atoms with Crippen LogP contribution in [0.5, 0.6) is 0 Å². The van der Waals surface area contributed by atoms with Gasteiger partial charge in [-0.2, -0.15) is 0 Å². The Morgan fingerprint density at radius 3 is 1.95 bits per heavy atom. The average molecular weight is 293 g/mol. The standard InChI is InChI=1S/C18H19NOSi/c1-3-8-15(9-4-1)18(16-10-5-2-6-11-16)20-14-21-17-12-7-13-19-17/h1-13,18-19H,14,21H2. The number of nitrogens with one attached hydrogen (secondary N) is 1. The Morgan fingerprint density at radius 2 is 1.43 bits per heavy atom. The molecule has 3 rings (SSSR count). The molecule has 1 aromatic heterocycles. The molecule has 0 aliphatic carbocycles. The molecule has 0 amide bonds. The van der Waals surface area contributed by atoms with Gasteiger partial charge in [0, 0.05) is 12.4 Å². The smallest absolute Gasteiger partial charge is 0.107 e. The quantitative estimate of drug-likeness (QED) is 0.694. The van der Waals surface area contributed by atoms with Gasteiger partial charge in [-0.1, -0.05) is 60.7 Å². The van der Waals surface area contributed by atoms with E-state index in [1.807, 2.05) is 24.4 Å². The molecule has 0 saturated heterocycles. The van der Waals surface area contributed by atoms with Crippen LogP contribution in [0.4, 0.5) is 0 Å². The summed E-state index contributed by atoms with van der Waals surface area (Å²) >= 11 is 0. The van der Waals surface area contributed by atoms with Gasteiger partial charge in [-0.05, 0) is 28.6 Å². The molecular formula is C18H19NOSi. The lowest BCUT2D eigenvalue weighted by atomic mass is 10.0.